The summed E-state index contributed by atoms with van der Waals surface area (Å²) < 4.78 is 0.689. The van der Waals surface area contributed by atoms with Crippen molar-refractivity contribution in [2.75, 3.05) is 5.32 Å². The Balaban J connectivity index is 2.27. The van der Waals surface area contributed by atoms with E-state index in [1.165, 1.54) is 0 Å². The van der Waals surface area contributed by atoms with Crippen molar-refractivity contribution >= 4 is 27.5 Å². The minimum atomic E-state index is -0.208. The number of rotatable bonds is 3. The zero-order valence-electron chi connectivity index (χ0n) is 10.9. The number of halogens is 1. The van der Waals surface area contributed by atoms with Crippen molar-refractivity contribution in [2.45, 2.75) is 19.8 Å². The predicted octanol–water partition coefficient (Wildman–Crippen LogP) is 4.22. The third kappa shape index (κ3) is 3.20. The minimum absolute atomic E-state index is 0.208. The fourth-order valence-electron chi connectivity index (χ4n) is 1.85. The second-order valence-electron chi connectivity index (χ2n) is 4.53. The highest BCUT2D eigenvalue weighted by molar-refractivity contribution is 9.10. The van der Waals surface area contributed by atoms with E-state index in [2.05, 4.69) is 40.1 Å². The number of benzene rings is 1. The van der Waals surface area contributed by atoms with Crippen LogP contribution in [0.2, 0.25) is 0 Å². The molecule has 4 heteroatoms. The second-order valence-corrected chi connectivity index (χ2v) is 5.38. The van der Waals surface area contributed by atoms with Gasteiger partial charge >= 0.3 is 0 Å². The lowest BCUT2D eigenvalue weighted by atomic mass is 10.0. The van der Waals surface area contributed by atoms with Gasteiger partial charge in [0, 0.05) is 16.4 Å². The van der Waals surface area contributed by atoms with Gasteiger partial charge in [0.2, 0.25) is 0 Å². The van der Waals surface area contributed by atoms with E-state index in [0.717, 1.165) is 11.3 Å². The highest BCUT2D eigenvalue weighted by Gasteiger charge is 2.13. The lowest BCUT2D eigenvalue weighted by Crippen LogP contribution is -2.15. The molecule has 0 saturated heterocycles. The van der Waals surface area contributed by atoms with E-state index in [9.17, 15) is 4.79 Å². The molecular formula is C15H15BrN2O. The number of nitrogens with zero attached hydrogens (tertiary/aromatic N) is 1. The number of para-hydroxylation sites is 1. The molecule has 1 N–H and O–H groups in total. The van der Waals surface area contributed by atoms with Crippen molar-refractivity contribution in [3.63, 3.8) is 0 Å². The summed E-state index contributed by atoms with van der Waals surface area (Å²) in [6.45, 7) is 4.20. The van der Waals surface area contributed by atoms with Crippen LogP contribution in [0.1, 0.15) is 35.8 Å². The van der Waals surface area contributed by atoms with Gasteiger partial charge in [0.15, 0.2) is 0 Å². The molecule has 0 saturated carbocycles. The Hall–Kier alpha value is -1.68. The maximum Gasteiger partial charge on any atom is 0.275 e. The van der Waals surface area contributed by atoms with Crippen LogP contribution < -0.4 is 5.32 Å². The fraction of sp³-hybridized carbons (Fsp3) is 0.200. The summed E-state index contributed by atoms with van der Waals surface area (Å²) in [5.74, 6) is 0.143. The Morgan fingerprint density at radius 1 is 1.21 bits per heavy atom. The van der Waals surface area contributed by atoms with Gasteiger partial charge in [-0.1, -0.05) is 32.0 Å². The van der Waals surface area contributed by atoms with Crippen LogP contribution in [0.25, 0.3) is 0 Å². The van der Waals surface area contributed by atoms with Crippen LogP contribution in [0.4, 0.5) is 5.69 Å². The topological polar surface area (TPSA) is 42.0 Å². The normalized spacial score (nSPS) is 10.5. The van der Waals surface area contributed by atoms with Gasteiger partial charge in [0.25, 0.3) is 5.91 Å². The van der Waals surface area contributed by atoms with Crippen LogP contribution in [-0.4, -0.2) is 10.9 Å². The number of aromatic nitrogens is 1. The van der Waals surface area contributed by atoms with Crippen molar-refractivity contribution in [2.24, 2.45) is 0 Å². The Kier molecular flexibility index (Phi) is 4.32. The summed E-state index contributed by atoms with van der Waals surface area (Å²) >= 11 is 3.33. The van der Waals surface area contributed by atoms with Crippen LogP contribution in [0, 0.1) is 0 Å². The van der Waals surface area contributed by atoms with E-state index in [-0.39, 0.29) is 5.91 Å². The standard InChI is InChI=1S/C15H15BrN2O/c1-10(2)11-6-3-4-8-13(11)18-15(19)14-12(16)7-5-9-17-14/h3-10H,1-2H3,(H,18,19). The minimum Gasteiger partial charge on any atom is -0.320 e. The first-order valence-electron chi connectivity index (χ1n) is 6.10. The first-order valence-corrected chi connectivity index (χ1v) is 6.89. The number of carbonyl (C=O) groups excluding carboxylic acids is 1. The SMILES string of the molecule is CC(C)c1ccccc1NC(=O)c1ncccc1Br. The van der Waals surface area contributed by atoms with E-state index in [0.29, 0.717) is 16.1 Å². The predicted molar refractivity (Wildman–Crippen MR) is 80.4 cm³/mol. The quantitative estimate of drug-likeness (QED) is 0.920. The fourth-order valence-corrected chi connectivity index (χ4v) is 2.28. The van der Waals surface area contributed by atoms with Crippen molar-refractivity contribution in [1.82, 2.24) is 4.98 Å². The van der Waals surface area contributed by atoms with Gasteiger partial charge in [-0.25, -0.2) is 4.98 Å². The first kappa shape index (κ1) is 13.7. The molecule has 0 radical (unpaired) electrons. The largest absolute Gasteiger partial charge is 0.320 e. The van der Waals surface area contributed by atoms with Crippen LogP contribution in [0.5, 0.6) is 0 Å². The number of amides is 1. The van der Waals surface area contributed by atoms with Gasteiger partial charge in [-0.05, 0) is 45.6 Å². The molecule has 0 aliphatic carbocycles. The van der Waals surface area contributed by atoms with Gasteiger partial charge in [0.1, 0.15) is 5.69 Å². The average molecular weight is 319 g/mol. The van der Waals surface area contributed by atoms with E-state index in [1.54, 1.807) is 18.3 Å². The number of nitrogens with one attached hydrogen (secondary N) is 1. The molecule has 98 valence electrons. The Bertz CT molecular complexity index is 596. The lowest BCUT2D eigenvalue weighted by molar-refractivity contribution is 0.102. The summed E-state index contributed by atoms with van der Waals surface area (Å²) in [5.41, 5.74) is 2.34. The molecule has 19 heavy (non-hydrogen) atoms. The molecule has 1 aromatic heterocycles. The summed E-state index contributed by atoms with van der Waals surface area (Å²) in [6.07, 6.45) is 1.61. The Morgan fingerprint density at radius 2 is 1.95 bits per heavy atom. The van der Waals surface area contributed by atoms with Gasteiger partial charge in [-0.2, -0.15) is 0 Å². The maximum atomic E-state index is 12.2. The molecule has 2 rings (SSSR count). The van der Waals surface area contributed by atoms with Crippen LogP contribution in [0.15, 0.2) is 47.1 Å². The summed E-state index contributed by atoms with van der Waals surface area (Å²) in [4.78, 5) is 16.3. The van der Waals surface area contributed by atoms with E-state index >= 15 is 0 Å². The van der Waals surface area contributed by atoms with Crippen molar-refractivity contribution in [1.29, 1.82) is 0 Å². The van der Waals surface area contributed by atoms with Crippen LogP contribution in [0.3, 0.4) is 0 Å². The molecule has 0 aliphatic heterocycles. The average Bonchev–Trinajstić information content (AvgIpc) is 2.39. The zero-order chi connectivity index (χ0) is 13.8. The number of carbonyl (C=O) groups is 1. The number of hydrogen-bond donors (Lipinski definition) is 1. The second kappa shape index (κ2) is 5.97. The summed E-state index contributed by atoms with van der Waals surface area (Å²) in [6, 6.07) is 11.4. The molecule has 0 atom stereocenters. The first-order chi connectivity index (χ1) is 9.09. The Morgan fingerprint density at radius 3 is 2.63 bits per heavy atom. The third-order valence-electron chi connectivity index (χ3n) is 2.80. The molecule has 2 aromatic rings. The molecule has 0 unspecified atom stereocenters. The number of anilines is 1. The van der Waals surface area contributed by atoms with Gasteiger partial charge in [0.05, 0.1) is 0 Å². The monoisotopic (exact) mass is 318 g/mol. The van der Waals surface area contributed by atoms with Crippen molar-refractivity contribution in [3.05, 3.63) is 58.3 Å². The van der Waals surface area contributed by atoms with E-state index in [1.807, 2.05) is 24.3 Å². The third-order valence-corrected chi connectivity index (χ3v) is 3.44. The summed E-state index contributed by atoms with van der Waals surface area (Å²) in [7, 11) is 0. The van der Waals surface area contributed by atoms with Gasteiger partial charge in [-0.15, -0.1) is 0 Å². The smallest absolute Gasteiger partial charge is 0.275 e. The van der Waals surface area contributed by atoms with Crippen LogP contribution in [-0.2, 0) is 0 Å². The molecule has 0 bridgehead atoms. The maximum absolute atomic E-state index is 12.2. The molecule has 1 amide bonds. The highest BCUT2D eigenvalue weighted by atomic mass is 79.9. The molecule has 1 heterocycles. The van der Waals surface area contributed by atoms with Crippen molar-refractivity contribution in [3.8, 4) is 0 Å². The van der Waals surface area contributed by atoms with Crippen molar-refractivity contribution < 1.29 is 4.79 Å². The zero-order valence-corrected chi connectivity index (χ0v) is 12.4. The highest BCUT2D eigenvalue weighted by Crippen LogP contribution is 2.24. The number of pyridine rings is 1. The lowest BCUT2D eigenvalue weighted by Gasteiger charge is -2.13. The van der Waals surface area contributed by atoms with E-state index < -0.39 is 0 Å². The van der Waals surface area contributed by atoms with Gasteiger partial charge < -0.3 is 5.32 Å². The molecule has 1 aromatic carbocycles. The molecule has 0 spiro atoms. The number of hydrogen-bond acceptors (Lipinski definition) is 2. The summed E-state index contributed by atoms with van der Waals surface area (Å²) in [5, 5.41) is 2.92. The van der Waals surface area contributed by atoms with E-state index in [4.69, 9.17) is 0 Å². The Labute approximate surface area is 121 Å². The molecule has 0 aliphatic rings. The molecule has 0 fully saturated rings. The van der Waals surface area contributed by atoms with Gasteiger partial charge in [-0.3, -0.25) is 4.79 Å². The molecular weight excluding hydrogens is 304 g/mol. The van der Waals surface area contributed by atoms with Crippen LogP contribution >= 0.6 is 15.9 Å². The molecule has 3 nitrogen and oxygen atoms in total.